The average Bonchev–Trinajstić information content (AvgIpc) is 2.29. The molecule has 74 valence electrons. The Bertz CT molecular complexity index is 517. The fourth-order valence-electron chi connectivity index (χ4n) is 1.28. The molecule has 0 fully saturated rings. The highest BCUT2D eigenvalue weighted by atomic mass is 16.1. The summed E-state index contributed by atoms with van der Waals surface area (Å²) in [5.74, 6) is -0.256. The van der Waals surface area contributed by atoms with Gasteiger partial charge in [-0.15, -0.1) is 0 Å². The van der Waals surface area contributed by atoms with Gasteiger partial charge in [-0.1, -0.05) is 12.6 Å². The lowest BCUT2D eigenvalue weighted by molar-refractivity contribution is -0.111. The number of para-hydroxylation sites is 1. The van der Waals surface area contributed by atoms with Crippen LogP contribution in [0.3, 0.4) is 0 Å². The molecular weight excluding hydrogens is 190 g/mol. The van der Waals surface area contributed by atoms with Crippen molar-refractivity contribution in [3.05, 3.63) is 43.2 Å². The first-order chi connectivity index (χ1) is 7.31. The van der Waals surface area contributed by atoms with Crippen molar-refractivity contribution < 1.29 is 4.79 Å². The Morgan fingerprint density at radius 3 is 2.93 bits per heavy atom. The minimum Gasteiger partial charge on any atom is -0.321 e. The van der Waals surface area contributed by atoms with E-state index in [4.69, 9.17) is 0 Å². The van der Waals surface area contributed by atoms with Gasteiger partial charge in [0.1, 0.15) is 5.52 Å². The molecule has 0 unspecified atom stereocenters. The molecule has 0 saturated carbocycles. The van der Waals surface area contributed by atoms with Crippen molar-refractivity contribution in [1.82, 2.24) is 9.97 Å². The molecule has 1 aromatic carbocycles. The summed E-state index contributed by atoms with van der Waals surface area (Å²) in [4.78, 5) is 19.4. The first-order valence-corrected chi connectivity index (χ1v) is 4.44. The van der Waals surface area contributed by atoms with Crippen molar-refractivity contribution in [1.29, 1.82) is 0 Å². The molecule has 1 N–H and O–H groups in total. The molecule has 1 heterocycles. The number of anilines is 1. The summed E-state index contributed by atoms with van der Waals surface area (Å²) in [6.07, 6.45) is 4.42. The first kappa shape index (κ1) is 9.33. The number of nitrogens with one attached hydrogen (secondary N) is 1. The van der Waals surface area contributed by atoms with E-state index in [1.165, 1.54) is 6.08 Å². The smallest absolute Gasteiger partial charge is 0.247 e. The van der Waals surface area contributed by atoms with Crippen LogP contribution in [0.5, 0.6) is 0 Å². The molecule has 4 heteroatoms. The molecule has 0 aliphatic rings. The van der Waals surface area contributed by atoms with Crippen LogP contribution in [0.4, 0.5) is 5.69 Å². The van der Waals surface area contributed by atoms with E-state index in [-0.39, 0.29) is 5.91 Å². The molecule has 0 saturated heterocycles. The van der Waals surface area contributed by atoms with Gasteiger partial charge in [0.2, 0.25) is 5.91 Å². The molecule has 0 radical (unpaired) electrons. The Hall–Kier alpha value is -2.23. The minimum atomic E-state index is -0.256. The van der Waals surface area contributed by atoms with Gasteiger partial charge in [-0.3, -0.25) is 14.8 Å². The van der Waals surface area contributed by atoms with Crippen molar-refractivity contribution in [3.63, 3.8) is 0 Å². The topological polar surface area (TPSA) is 54.9 Å². The molecule has 0 spiro atoms. The van der Waals surface area contributed by atoms with Crippen LogP contribution in [0.15, 0.2) is 43.2 Å². The Kier molecular flexibility index (Phi) is 2.41. The highest BCUT2D eigenvalue weighted by molar-refractivity contribution is 6.03. The molecule has 1 aromatic heterocycles. The molecule has 4 nitrogen and oxygen atoms in total. The van der Waals surface area contributed by atoms with Gasteiger partial charge in [0.05, 0.1) is 11.2 Å². The van der Waals surface area contributed by atoms with Crippen LogP contribution in [0.2, 0.25) is 0 Å². The van der Waals surface area contributed by atoms with Crippen molar-refractivity contribution >= 4 is 22.6 Å². The Morgan fingerprint density at radius 1 is 1.33 bits per heavy atom. The molecule has 2 rings (SSSR count). The zero-order valence-electron chi connectivity index (χ0n) is 7.97. The number of amides is 1. The van der Waals surface area contributed by atoms with Gasteiger partial charge in [-0.2, -0.15) is 0 Å². The van der Waals surface area contributed by atoms with Crippen LogP contribution in [0.1, 0.15) is 0 Å². The number of nitrogens with zero attached hydrogens (tertiary/aromatic N) is 2. The van der Waals surface area contributed by atoms with Crippen molar-refractivity contribution in [3.8, 4) is 0 Å². The maximum absolute atomic E-state index is 11.1. The van der Waals surface area contributed by atoms with E-state index in [0.717, 1.165) is 5.52 Å². The predicted molar refractivity (Wildman–Crippen MR) is 58.4 cm³/mol. The summed E-state index contributed by atoms with van der Waals surface area (Å²) in [6.45, 7) is 3.39. The van der Waals surface area contributed by atoms with Gasteiger partial charge in [0.25, 0.3) is 0 Å². The molecule has 0 atom stereocenters. The van der Waals surface area contributed by atoms with Gasteiger partial charge in [-0.05, 0) is 18.2 Å². The number of carbonyl (C=O) groups is 1. The second-order valence-electron chi connectivity index (χ2n) is 2.92. The Balaban J connectivity index is 2.51. The van der Waals surface area contributed by atoms with E-state index >= 15 is 0 Å². The highest BCUT2D eigenvalue weighted by Crippen LogP contribution is 2.18. The molecule has 0 aliphatic heterocycles. The van der Waals surface area contributed by atoms with Crippen LogP contribution in [-0.4, -0.2) is 15.9 Å². The second-order valence-corrected chi connectivity index (χ2v) is 2.92. The van der Waals surface area contributed by atoms with Crippen LogP contribution in [-0.2, 0) is 4.79 Å². The number of benzene rings is 1. The number of hydrogen-bond donors (Lipinski definition) is 1. The molecular formula is C11H9N3O. The van der Waals surface area contributed by atoms with E-state index in [9.17, 15) is 4.79 Å². The van der Waals surface area contributed by atoms with Crippen LogP contribution >= 0.6 is 0 Å². The van der Waals surface area contributed by atoms with Gasteiger partial charge >= 0.3 is 0 Å². The van der Waals surface area contributed by atoms with E-state index in [0.29, 0.717) is 11.2 Å². The van der Waals surface area contributed by atoms with E-state index in [2.05, 4.69) is 21.9 Å². The number of rotatable bonds is 2. The lowest BCUT2D eigenvalue weighted by Crippen LogP contribution is -2.08. The van der Waals surface area contributed by atoms with Crippen LogP contribution < -0.4 is 5.32 Å². The third-order valence-corrected chi connectivity index (χ3v) is 1.94. The summed E-state index contributed by atoms with van der Waals surface area (Å²) < 4.78 is 0. The predicted octanol–water partition coefficient (Wildman–Crippen LogP) is 1.75. The third kappa shape index (κ3) is 1.83. The summed E-state index contributed by atoms with van der Waals surface area (Å²) in [5.41, 5.74) is 2.07. The normalized spacial score (nSPS) is 9.87. The van der Waals surface area contributed by atoms with Crippen LogP contribution in [0, 0.1) is 0 Å². The lowest BCUT2D eigenvalue weighted by atomic mass is 10.2. The highest BCUT2D eigenvalue weighted by Gasteiger charge is 2.03. The summed E-state index contributed by atoms with van der Waals surface area (Å²) in [7, 11) is 0. The summed E-state index contributed by atoms with van der Waals surface area (Å²) in [5, 5.41) is 2.68. The summed E-state index contributed by atoms with van der Waals surface area (Å²) >= 11 is 0. The standard InChI is InChI=1S/C11H9N3O/c1-2-10(15)14-9-5-3-4-8-11(9)13-7-6-12-8/h2-7H,1H2,(H,14,15). The molecule has 0 bridgehead atoms. The molecule has 2 aromatic rings. The van der Waals surface area contributed by atoms with Crippen molar-refractivity contribution in [2.45, 2.75) is 0 Å². The number of fused-ring (bicyclic) bond motifs is 1. The second kappa shape index (κ2) is 3.88. The van der Waals surface area contributed by atoms with Gasteiger partial charge < -0.3 is 5.32 Å². The van der Waals surface area contributed by atoms with Gasteiger partial charge in [0.15, 0.2) is 0 Å². The molecule has 1 amide bonds. The minimum absolute atomic E-state index is 0.256. The third-order valence-electron chi connectivity index (χ3n) is 1.94. The maximum Gasteiger partial charge on any atom is 0.247 e. The first-order valence-electron chi connectivity index (χ1n) is 4.44. The zero-order chi connectivity index (χ0) is 10.7. The van der Waals surface area contributed by atoms with E-state index < -0.39 is 0 Å². The van der Waals surface area contributed by atoms with Crippen molar-refractivity contribution in [2.75, 3.05) is 5.32 Å². The SMILES string of the molecule is C=CC(=O)Nc1cccc2nccnc12. The van der Waals surface area contributed by atoms with E-state index in [1.54, 1.807) is 18.5 Å². The lowest BCUT2D eigenvalue weighted by Gasteiger charge is -2.04. The Labute approximate surface area is 86.7 Å². The monoisotopic (exact) mass is 199 g/mol. The van der Waals surface area contributed by atoms with Crippen LogP contribution in [0.25, 0.3) is 11.0 Å². The Morgan fingerprint density at radius 2 is 2.13 bits per heavy atom. The fraction of sp³-hybridized carbons (Fsp3) is 0. The van der Waals surface area contributed by atoms with Gasteiger partial charge in [0, 0.05) is 12.4 Å². The zero-order valence-corrected chi connectivity index (χ0v) is 7.97. The van der Waals surface area contributed by atoms with E-state index in [1.807, 2.05) is 12.1 Å². The maximum atomic E-state index is 11.1. The number of carbonyl (C=O) groups excluding carboxylic acids is 1. The molecule has 15 heavy (non-hydrogen) atoms. The van der Waals surface area contributed by atoms with Crippen molar-refractivity contribution in [2.24, 2.45) is 0 Å². The quantitative estimate of drug-likeness (QED) is 0.750. The van der Waals surface area contributed by atoms with Gasteiger partial charge in [-0.25, -0.2) is 0 Å². The molecule has 0 aliphatic carbocycles. The largest absolute Gasteiger partial charge is 0.321 e. The fourth-order valence-corrected chi connectivity index (χ4v) is 1.28. The number of hydrogen-bond acceptors (Lipinski definition) is 3. The summed E-state index contributed by atoms with van der Waals surface area (Å²) in [6, 6.07) is 5.43. The average molecular weight is 199 g/mol. The number of aromatic nitrogens is 2.